The van der Waals surface area contributed by atoms with E-state index in [2.05, 4.69) is 11.1 Å². The zero-order valence-electron chi connectivity index (χ0n) is 12.1. The van der Waals surface area contributed by atoms with Crippen LogP contribution in [0.1, 0.15) is 19.7 Å². The second kappa shape index (κ2) is 6.71. The van der Waals surface area contributed by atoms with Crippen molar-refractivity contribution in [1.82, 2.24) is 9.88 Å². The lowest BCUT2D eigenvalue weighted by molar-refractivity contribution is -0.126. The van der Waals surface area contributed by atoms with Crippen molar-refractivity contribution in [2.75, 3.05) is 13.1 Å². The Labute approximate surface area is 123 Å². The molecule has 1 atom stereocenters. The van der Waals surface area contributed by atoms with Crippen LogP contribution in [0.3, 0.4) is 0 Å². The topological polar surface area (TPSA) is 70.1 Å². The highest BCUT2D eigenvalue weighted by molar-refractivity contribution is 5.91. The van der Waals surface area contributed by atoms with Crippen LogP contribution in [0.2, 0.25) is 0 Å². The zero-order chi connectivity index (χ0) is 15.2. The van der Waals surface area contributed by atoms with Gasteiger partial charge in [0.2, 0.25) is 11.8 Å². The van der Waals surface area contributed by atoms with Crippen molar-refractivity contribution in [2.45, 2.75) is 13.8 Å². The standard InChI is InChI=1S/C16H17N3O2/c1-3-19(11-12(2)10-17)16(20)9-8-15-18-13-6-4-5-7-14(13)21-15/h4-9,12H,3,11H2,1-2H3. The van der Waals surface area contributed by atoms with Gasteiger partial charge in [-0.3, -0.25) is 4.79 Å². The van der Waals surface area contributed by atoms with Gasteiger partial charge in [0.1, 0.15) is 5.52 Å². The van der Waals surface area contributed by atoms with Crippen LogP contribution in [-0.2, 0) is 4.79 Å². The number of aromatic nitrogens is 1. The van der Waals surface area contributed by atoms with Crippen LogP contribution in [0.5, 0.6) is 0 Å². The summed E-state index contributed by atoms with van der Waals surface area (Å²) >= 11 is 0. The molecule has 0 bridgehead atoms. The molecule has 5 nitrogen and oxygen atoms in total. The number of carbonyl (C=O) groups excluding carboxylic acids is 1. The molecule has 0 radical (unpaired) electrons. The number of oxazole rings is 1. The first-order valence-corrected chi connectivity index (χ1v) is 6.86. The third-order valence-corrected chi connectivity index (χ3v) is 3.09. The minimum Gasteiger partial charge on any atom is -0.437 e. The highest BCUT2D eigenvalue weighted by Gasteiger charge is 2.12. The van der Waals surface area contributed by atoms with E-state index in [1.54, 1.807) is 17.9 Å². The van der Waals surface area contributed by atoms with Gasteiger partial charge < -0.3 is 9.32 Å². The van der Waals surface area contributed by atoms with Crippen molar-refractivity contribution in [3.05, 3.63) is 36.2 Å². The first kappa shape index (κ1) is 14.8. The molecule has 1 heterocycles. The maximum atomic E-state index is 12.1. The van der Waals surface area contributed by atoms with Gasteiger partial charge in [-0.15, -0.1) is 0 Å². The summed E-state index contributed by atoms with van der Waals surface area (Å²) in [7, 11) is 0. The average Bonchev–Trinajstić information content (AvgIpc) is 2.92. The van der Waals surface area contributed by atoms with Gasteiger partial charge in [-0.2, -0.15) is 5.26 Å². The van der Waals surface area contributed by atoms with Crippen LogP contribution in [0.25, 0.3) is 17.2 Å². The van der Waals surface area contributed by atoms with Gasteiger partial charge in [-0.1, -0.05) is 12.1 Å². The largest absolute Gasteiger partial charge is 0.437 e. The van der Waals surface area contributed by atoms with E-state index in [9.17, 15) is 4.79 Å². The Morgan fingerprint density at radius 3 is 2.95 bits per heavy atom. The van der Waals surface area contributed by atoms with Gasteiger partial charge in [0.05, 0.1) is 12.0 Å². The number of carbonyl (C=O) groups is 1. The number of rotatable bonds is 5. The molecule has 2 rings (SSSR count). The van der Waals surface area contributed by atoms with Crippen molar-refractivity contribution in [2.24, 2.45) is 5.92 Å². The number of fused-ring (bicyclic) bond motifs is 1. The highest BCUT2D eigenvalue weighted by atomic mass is 16.3. The molecular formula is C16H17N3O2. The average molecular weight is 283 g/mol. The van der Waals surface area contributed by atoms with Crippen molar-refractivity contribution in [1.29, 1.82) is 5.26 Å². The Bertz CT molecular complexity index is 664. The van der Waals surface area contributed by atoms with E-state index in [-0.39, 0.29) is 11.8 Å². The molecule has 0 N–H and O–H groups in total. The molecule has 5 heteroatoms. The molecule has 0 spiro atoms. The smallest absolute Gasteiger partial charge is 0.246 e. The van der Waals surface area contributed by atoms with Crippen LogP contribution in [0.15, 0.2) is 34.8 Å². The third kappa shape index (κ3) is 3.69. The Morgan fingerprint density at radius 2 is 2.29 bits per heavy atom. The van der Waals surface area contributed by atoms with Crippen LogP contribution < -0.4 is 0 Å². The molecule has 0 aliphatic heterocycles. The number of nitriles is 1. The van der Waals surface area contributed by atoms with Gasteiger partial charge in [-0.25, -0.2) is 4.98 Å². The second-order valence-corrected chi connectivity index (χ2v) is 4.76. The van der Waals surface area contributed by atoms with Crippen molar-refractivity contribution < 1.29 is 9.21 Å². The van der Waals surface area contributed by atoms with Gasteiger partial charge in [-0.05, 0) is 26.0 Å². The van der Waals surface area contributed by atoms with Gasteiger partial charge in [0, 0.05) is 25.2 Å². The zero-order valence-corrected chi connectivity index (χ0v) is 12.1. The number of benzene rings is 1. The van der Waals surface area contributed by atoms with E-state index >= 15 is 0 Å². The summed E-state index contributed by atoms with van der Waals surface area (Å²) in [4.78, 5) is 18.0. The quantitative estimate of drug-likeness (QED) is 0.791. The molecule has 0 aliphatic rings. The normalized spacial score (nSPS) is 12.4. The molecule has 108 valence electrons. The molecule has 1 unspecified atom stereocenters. The Balaban J connectivity index is 2.08. The first-order valence-electron chi connectivity index (χ1n) is 6.86. The first-order chi connectivity index (χ1) is 10.1. The molecule has 1 amide bonds. The summed E-state index contributed by atoms with van der Waals surface area (Å²) < 4.78 is 5.51. The lowest BCUT2D eigenvalue weighted by Crippen LogP contribution is -2.32. The molecule has 1 aromatic heterocycles. The molecular weight excluding hydrogens is 266 g/mol. The summed E-state index contributed by atoms with van der Waals surface area (Å²) in [5, 5.41) is 8.82. The van der Waals surface area contributed by atoms with Crippen LogP contribution >= 0.6 is 0 Å². The number of nitrogens with zero attached hydrogens (tertiary/aromatic N) is 3. The monoisotopic (exact) mass is 283 g/mol. The minimum absolute atomic E-state index is 0.151. The van der Waals surface area contributed by atoms with Gasteiger partial charge in [0.25, 0.3) is 0 Å². The van der Waals surface area contributed by atoms with E-state index in [1.807, 2.05) is 31.2 Å². The van der Waals surface area contributed by atoms with Gasteiger partial charge >= 0.3 is 0 Å². The summed E-state index contributed by atoms with van der Waals surface area (Å²) in [6.45, 7) is 4.65. The number of para-hydroxylation sites is 2. The molecule has 0 saturated carbocycles. The summed E-state index contributed by atoms with van der Waals surface area (Å²) in [5.41, 5.74) is 1.45. The third-order valence-electron chi connectivity index (χ3n) is 3.09. The predicted octanol–water partition coefficient (Wildman–Crippen LogP) is 2.85. The number of likely N-dealkylation sites (N-methyl/N-ethyl adjacent to an activating group) is 1. The van der Waals surface area contributed by atoms with E-state index in [0.29, 0.717) is 24.6 Å². The minimum atomic E-state index is -0.188. The fraction of sp³-hybridized carbons (Fsp3) is 0.312. The number of hydrogen-bond donors (Lipinski definition) is 0. The Morgan fingerprint density at radius 1 is 1.52 bits per heavy atom. The van der Waals surface area contributed by atoms with Gasteiger partial charge in [0.15, 0.2) is 5.58 Å². The fourth-order valence-corrected chi connectivity index (χ4v) is 1.96. The summed E-state index contributed by atoms with van der Waals surface area (Å²) in [6.07, 6.45) is 2.99. The van der Waals surface area contributed by atoms with Crippen molar-refractivity contribution in [3.8, 4) is 6.07 Å². The second-order valence-electron chi connectivity index (χ2n) is 4.76. The number of amides is 1. The van der Waals surface area contributed by atoms with Crippen LogP contribution in [-0.4, -0.2) is 28.9 Å². The van der Waals surface area contributed by atoms with Crippen LogP contribution in [0, 0.1) is 17.2 Å². The molecule has 0 aliphatic carbocycles. The maximum absolute atomic E-state index is 12.1. The van der Waals surface area contributed by atoms with E-state index in [4.69, 9.17) is 9.68 Å². The molecule has 21 heavy (non-hydrogen) atoms. The lowest BCUT2D eigenvalue weighted by Gasteiger charge is -2.19. The summed E-state index contributed by atoms with van der Waals surface area (Å²) in [6, 6.07) is 9.56. The Kier molecular flexibility index (Phi) is 4.72. The van der Waals surface area contributed by atoms with Crippen molar-refractivity contribution >= 4 is 23.1 Å². The molecule has 0 fully saturated rings. The summed E-state index contributed by atoms with van der Waals surface area (Å²) in [5.74, 6) is 0.0578. The van der Waals surface area contributed by atoms with Crippen LogP contribution in [0.4, 0.5) is 0 Å². The number of hydrogen-bond acceptors (Lipinski definition) is 4. The molecule has 1 aromatic carbocycles. The predicted molar refractivity (Wildman–Crippen MR) is 80.1 cm³/mol. The SMILES string of the molecule is CCN(CC(C)C#N)C(=O)C=Cc1nc2ccccc2o1. The maximum Gasteiger partial charge on any atom is 0.246 e. The lowest BCUT2D eigenvalue weighted by atomic mass is 10.2. The highest BCUT2D eigenvalue weighted by Crippen LogP contribution is 2.15. The van der Waals surface area contributed by atoms with E-state index in [1.165, 1.54) is 6.08 Å². The molecule has 2 aromatic rings. The van der Waals surface area contributed by atoms with Crippen molar-refractivity contribution in [3.63, 3.8) is 0 Å². The fourth-order valence-electron chi connectivity index (χ4n) is 1.96. The Hall–Kier alpha value is -2.61. The molecule has 0 saturated heterocycles. The van der Waals surface area contributed by atoms with E-state index < -0.39 is 0 Å². The van der Waals surface area contributed by atoms with E-state index in [0.717, 1.165) is 5.52 Å².